The first-order chi connectivity index (χ1) is 13.1. The molecule has 1 spiro atoms. The fraction of sp³-hybridized carbons (Fsp3) is 0.429. The lowest BCUT2D eigenvalue weighted by Crippen LogP contribution is -2.50. The Morgan fingerprint density at radius 3 is 2.93 bits per heavy atom. The van der Waals surface area contributed by atoms with E-state index in [1.54, 1.807) is 18.1 Å². The minimum Gasteiger partial charge on any atom is -0.487 e. The number of hydrogen-bond acceptors (Lipinski definition) is 5. The van der Waals surface area contributed by atoms with Crippen molar-refractivity contribution in [2.45, 2.75) is 31.6 Å². The largest absolute Gasteiger partial charge is 0.487 e. The molecule has 2 aromatic rings. The molecule has 0 bridgehead atoms. The van der Waals surface area contributed by atoms with Gasteiger partial charge in [-0.25, -0.2) is 4.79 Å². The van der Waals surface area contributed by atoms with Crippen LogP contribution in [0.3, 0.4) is 0 Å². The van der Waals surface area contributed by atoms with Crippen LogP contribution < -0.4 is 4.74 Å². The summed E-state index contributed by atoms with van der Waals surface area (Å²) in [5.74, 6) is 0.844. The number of carbonyl (C=O) groups excluding carboxylic acids is 1. The molecule has 4 rings (SSSR count). The van der Waals surface area contributed by atoms with Gasteiger partial charge in [-0.2, -0.15) is 0 Å². The van der Waals surface area contributed by atoms with Gasteiger partial charge in [0.2, 0.25) is 0 Å². The SMILES string of the molecule is CN1C[C@]2(CCCN(Cc3cccc(OCc4ccccn4)c3)C2)OC1=O. The van der Waals surface area contributed by atoms with Crippen molar-refractivity contribution in [2.75, 3.05) is 26.7 Å². The van der Waals surface area contributed by atoms with Crippen LogP contribution in [0.1, 0.15) is 24.1 Å². The van der Waals surface area contributed by atoms with Gasteiger partial charge in [0.05, 0.1) is 12.2 Å². The van der Waals surface area contributed by atoms with Gasteiger partial charge in [-0.05, 0) is 49.2 Å². The Hall–Kier alpha value is -2.60. The number of rotatable bonds is 5. The van der Waals surface area contributed by atoms with Gasteiger partial charge in [0.25, 0.3) is 0 Å². The van der Waals surface area contributed by atoms with Crippen molar-refractivity contribution >= 4 is 6.09 Å². The first-order valence-electron chi connectivity index (χ1n) is 9.40. The smallest absolute Gasteiger partial charge is 0.410 e. The molecule has 2 aliphatic rings. The maximum absolute atomic E-state index is 11.8. The molecular weight excluding hydrogens is 342 g/mol. The number of amides is 1. The van der Waals surface area contributed by atoms with Gasteiger partial charge in [0.15, 0.2) is 0 Å². The number of benzene rings is 1. The Kier molecular flexibility index (Phi) is 4.99. The van der Waals surface area contributed by atoms with Crippen LogP contribution in [0.25, 0.3) is 0 Å². The molecule has 2 saturated heterocycles. The van der Waals surface area contributed by atoms with E-state index in [2.05, 4.69) is 22.0 Å². The maximum atomic E-state index is 11.8. The molecular formula is C21H25N3O3. The third kappa shape index (κ3) is 4.22. The molecule has 2 aliphatic heterocycles. The zero-order valence-electron chi connectivity index (χ0n) is 15.6. The van der Waals surface area contributed by atoms with E-state index in [-0.39, 0.29) is 11.7 Å². The highest BCUT2D eigenvalue weighted by Crippen LogP contribution is 2.32. The van der Waals surface area contributed by atoms with Gasteiger partial charge in [0, 0.05) is 26.3 Å². The third-order valence-corrected chi connectivity index (χ3v) is 5.18. The Morgan fingerprint density at radius 2 is 2.15 bits per heavy atom. The van der Waals surface area contributed by atoms with Gasteiger partial charge in [-0.3, -0.25) is 9.88 Å². The summed E-state index contributed by atoms with van der Waals surface area (Å²) < 4.78 is 11.6. The lowest BCUT2D eigenvalue weighted by atomic mass is 9.92. The molecule has 1 aromatic heterocycles. The molecule has 0 saturated carbocycles. The normalized spacial score (nSPS) is 22.9. The summed E-state index contributed by atoms with van der Waals surface area (Å²) >= 11 is 0. The Bertz CT molecular complexity index is 798. The highest BCUT2D eigenvalue weighted by atomic mass is 16.6. The molecule has 0 N–H and O–H groups in total. The number of hydrogen-bond donors (Lipinski definition) is 0. The van der Waals surface area contributed by atoms with Crippen molar-refractivity contribution in [1.29, 1.82) is 0 Å². The molecule has 142 valence electrons. The van der Waals surface area contributed by atoms with Crippen LogP contribution in [-0.4, -0.2) is 53.2 Å². The van der Waals surface area contributed by atoms with E-state index in [0.29, 0.717) is 13.2 Å². The minimum absolute atomic E-state index is 0.207. The van der Waals surface area contributed by atoms with Crippen molar-refractivity contribution in [3.05, 3.63) is 59.9 Å². The van der Waals surface area contributed by atoms with E-state index in [0.717, 1.165) is 43.9 Å². The molecule has 1 atom stereocenters. The average molecular weight is 367 g/mol. The fourth-order valence-electron chi connectivity index (χ4n) is 3.96. The van der Waals surface area contributed by atoms with Crippen LogP contribution in [0.15, 0.2) is 48.7 Å². The number of likely N-dealkylation sites (N-methyl/N-ethyl adjacent to an activating group) is 1. The molecule has 6 nitrogen and oxygen atoms in total. The molecule has 1 aromatic carbocycles. The highest BCUT2D eigenvalue weighted by molar-refractivity contribution is 5.70. The summed E-state index contributed by atoms with van der Waals surface area (Å²) in [6, 6.07) is 14.0. The van der Waals surface area contributed by atoms with Crippen LogP contribution in [0, 0.1) is 0 Å². The third-order valence-electron chi connectivity index (χ3n) is 5.18. The Labute approximate surface area is 159 Å². The van der Waals surface area contributed by atoms with Gasteiger partial charge < -0.3 is 14.4 Å². The number of pyridine rings is 1. The van der Waals surface area contributed by atoms with E-state index >= 15 is 0 Å². The first-order valence-corrected chi connectivity index (χ1v) is 9.40. The molecule has 27 heavy (non-hydrogen) atoms. The number of ether oxygens (including phenoxy) is 2. The van der Waals surface area contributed by atoms with E-state index in [4.69, 9.17) is 9.47 Å². The van der Waals surface area contributed by atoms with Gasteiger partial charge in [-0.1, -0.05) is 18.2 Å². The summed E-state index contributed by atoms with van der Waals surface area (Å²) in [6.07, 6.45) is 3.54. The van der Waals surface area contributed by atoms with Gasteiger partial charge >= 0.3 is 6.09 Å². The van der Waals surface area contributed by atoms with Gasteiger partial charge in [0.1, 0.15) is 18.0 Å². The molecule has 0 aliphatic carbocycles. The van der Waals surface area contributed by atoms with E-state index in [1.165, 1.54) is 5.56 Å². The maximum Gasteiger partial charge on any atom is 0.410 e. The molecule has 0 unspecified atom stereocenters. The van der Waals surface area contributed by atoms with Crippen LogP contribution in [0.2, 0.25) is 0 Å². The summed E-state index contributed by atoms with van der Waals surface area (Å²) in [5, 5.41) is 0. The summed E-state index contributed by atoms with van der Waals surface area (Å²) in [5.41, 5.74) is 1.76. The van der Waals surface area contributed by atoms with Crippen molar-refractivity contribution in [1.82, 2.24) is 14.8 Å². The number of aromatic nitrogens is 1. The van der Waals surface area contributed by atoms with Crippen LogP contribution in [0.5, 0.6) is 5.75 Å². The second-order valence-electron chi connectivity index (χ2n) is 7.48. The van der Waals surface area contributed by atoms with Crippen molar-refractivity contribution in [3.8, 4) is 5.75 Å². The van der Waals surface area contributed by atoms with Crippen LogP contribution in [0.4, 0.5) is 4.79 Å². The number of piperidine rings is 1. The zero-order valence-corrected chi connectivity index (χ0v) is 15.6. The topological polar surface area (TPSA) is 54.9 Å². The molecule has 3 heterocycles. The number of nitrogens with zero attached hydrogens (tertiary/aromatic N) is 3. The zero-order chi connectivity index (χ0) is 18.7. The molecule has 0 radical (unpaired) electrons. The predicted octanol–water partition coefficient (Wildman–Crippen LogP) is 3.08. The lowest BCUT2D eigenvalue weighted by Gasteiger charge is -2.38. The average Bonchev–Trinajstić information content (AvgIpc) is 2.94. The van der Waals surface area contributed by atoms with Crippen molar-refractivity contribution in [2.24, 2.45) is 0 Å². The summed E-state index contributed by atoms with van der Waals surface area (Å²) in [7, 11) is 1.80. The quantitative estimate of drug-likeness (QED) is 0.813. The predicted molar refractivity (Wildman–Crippen MR) is 101 cm³/mol. The summed E-state index contributed by atoms with van der Waals surface area (Å²) in [4.78, 5) is 20.1. The first kappa shape index (κ1) is 17.8. The monoisotopic (exact) mass is 367 g/mol. The number of likely N-dealkylation sites (tertiary alicyclic amines) is 1. The second kappa shape index (κ2) is 7.56. The van der Waals surface area contributed by atoms with E-state index in [1.807, 2.05) is 30.3 Å². The van der Waals surface area contributed by atoms with Crippen molar-refractivity contribution in [3.63, 3.8) is 0 Å². The molecule has 1 amide bonds. The second-order valence-corrected chi connectivity index (χ2v) is 7.48. The summed E-state index contributed by atoms with van der Waals surface area (Å²) in [6.45, 7) is 3.75. The number of carbonyl (C=O) groups is 1. The molecule has 6 heteroatoms. The lowest BCUT2D eigenvalue weighted by molar-refractivity contribution is -0.0113. The van der Waals surface area contributed by atoms with Crippen LogP contribution >= 0.6 is 0 Å². The van der Waals surface area contributed by atoms with E-state index < -0.39 is 0 Å². The molecule has 2 fully saturated rings. The van der Waals surface area contributed by atoms with Gasteiger partial charge in [-0.15, -0.1) is 0 Å². The highest BCUT2D eigenvalue weighted by Gasteiger charge is 2.46. The van der Waals surface area contributed by atoms with Crippen molar-refractivity contribution < 1.29 is 14.3 Å². The standard InChI is InChI=1S/C21H25N3O3/c1-23-15-21(27-20(23)25)9-5-11-24(16-21)13-17-6-4-8-19(12-17)26-14-18-7-2-3-10-22-18/h2-4,6-8,10,12H,5,9,11,13-16H2,1H3/t21-/m0/s1. The Balaban J connectivity index is 1.37. The van der Waals surface area contributed by atoms with Crippen LogP contribution in [-0.2, 0) is 17.9 Å². The fourth-order valence-corrected chi connectivity index (χ4v) is 3.96. The minimum atomic E-state index is -0.350. The Morgan fingerprint density at radius 1 is 1.22 bits per heavy atom. The van der Waals surface area contributed by atoms with E-state index in [9.17, 15) is 4.79 Å².